The molecule has 0 fully saturated rings. The van der Waals surface area contributed by atoms with Crippen molar-refractivity contribution >= 4 is 29.2 Å². The van der Waals surface area contributed by atoms with Gasteiger partial charge in [-0.25, -0.2) is 4.39 Å². The molecule has 2 aromatic carbocycles. The predicted octanol–water partition coefficient (Wildman–Crippen LogP) is 2.97. The van der Waals surface area contributed by atoms with E-state index in [9.17, 15) is 18.8 Å². The first kappa shape index (κ1) is 18.1. The highest BCUT2D eigenvalue weighted by Gasteiger charge is 2.10. The number of ether oxygens (including phenoxy) is 1. The van der Waals surface area contributed by atoms with E-state index in [2.05, 4.69) is 15.4 Å². The smallest absolute Gasteiger partial charge is 0.306 e. The molecule has 0 unspecified atom stereocenters. The van der Waals surface area contributed by atoms with E-state index in [0.29, 0.717) is 16.9 Å². The molecule has 2 aromatic rings. The number of halogens is 1. The van der Waals surface area contributed by atoms with Crippen LogP contribution in [-0.2, 0) is 14.3 Å². The van der Waals surface area contributed by atoms with Crippen molar-refractivity contribution in [2.75, 3.05) is 17.7 Å². The molecule has 0 aromatic heterocycles. The summed E-state index contributed by atoms with van der Waals surface area (Å²) in [6.45, 7) is 0. The molecule has 7 heteroatoms. The number of carbonyl (C=O) groups is 3. The van der Waals surface area contributed by atoms with Crippen LogP contribution < -0.4 is 10.6 Å². The Labute approximate surface area is 144 Å². The number of amides is 2. The largest absolute Gasteiger partial charge is 0.469 e. The van der Waals surface area contributed by atoms with E-state index in [1.165, 1.54) is 37.4 Å². The van der Waals surface area contributed by atoms with Gasteiger partial charge in [-0.05, 0) is 42.5 Å². The Hall–Kier alpha value is -3.22. The average molecular weight is 344 g/mol. The molecule has 0 atom stereocenters. The Kier molecular flexibility index (Phi) is 6.22. The molecule has 0 bridgehead atoms. The molecular formula is C18H17FN2O4. The monoisotopic (exact) mass is 344 g/mol. The molecule has 0 saturated carbocycles. The van der Waals surface area contributed by atoms with Gasteiger partial charge in [0.15, 0.2) is 0 Å². The zero-order valence-corrected chi connectivity index (χ0v) is 13.5. The van der Waals surface area contributed by atoms with Gasteiger partial charge in [-0.1, -0.05) is 6.07 Å². The summed E-state index contributed by atoms with van der Waals surface area (Å²) in [6, 6.07) is 11.7. The van der Waals surface area contributed by atoms with Gasteiger partial charge in [-0.3, -0.25) is 14.4 Å². The molecule has 0 aliphatic heterocycles. The summed E-state index contributed by atoms with van der Waals surface area (Å²) in [4.78, 5) is 35.0. The number of methoxy groups -OCH3 is 1. The number of rotatable bonds is 6. The van der Waals surface area contributed by atoms with Gasteiger partial charge in [0, 0.05) is 23.4 Å². The van der Waals surface area contributed by atoms with E-state index in [1.54, 1.807) is 18.2 Å². The van der Waals surface area contributed by atoms with Crippen molar-refractivity contribution in [3.8, 4) is 0 Å². The Morgan fingerprint density at radius 1 is 0.960 bits per heavy atom. The van der Waals surface area contributed by atoms with Gasteiger partial charge in [-0.15, -0.1) is 0 Å². The van der Waals surface area contributed by atoms with Gasteiger partial charge in [0.1, 0.15) is 5.82 Å². The molecule has 0 heterocycles. The minimum absolute atomic E-state index is 0.0152. The number of carbonyl (C=O) groups excluding carboxylic acids is 3. The lowest BCUT2D eigenvalue weighted by atomic mass is 10.1. The number of hydrogen-bond donors (Lipinski definition) is 2. The number of nitrogens with one attached hydrogen (secondary N) is 2. The normalized spacial score (nSPS) is 10.0. The minimum atomic E-state index is -0.470. The van der Waals surface area contributed by atoms with Crippen LogP contribution in [0, 0.1) is 5.82 Å². The van der Waals surface area contributed by atoms with Gasteiger partial charge < -0.3 is 15.4 Å². The first-order valence-corrected chi connectivity index (χ1v) is 7.51. The van der Waals surface area contributed by atoms with Crippen molar-refractivity contribution in [1.82, 2.24) is 0 Å². The summed E-state index contributed by atoms with van der Waals surface area (Å²) in [5.41, 5.74) is 1.22. The van der Waals surface area contributed by atoms with Crippen LogP contribution in [0.5, 0.6) is 0 Å². The highest BCUT2D eigenvalue weighted by molar-refractivity contribution is 6.05. The fourth-order valence-corrected chi connectivity index (χ4v) is 2.02. The molecular weight excluding hydrogens is 327 g/mol. The Morgan fingerprint density at radius 2 is 1.68 bits per heavy atom. The van der Waals surface area contributed by atoms with Crippen LogP contribution in [0.3, 0.4) is 0 Å². The van der Waals surface area contributed by atoms with Gasteiger partial charge >= 0.3 is 5.97 Å². The molecule has 6 nitrogen and oxygen atoms in total. The third-order valence-electron chi connectivity index (χ3n) is 3.29. The van der Waals surface area contributed by atoms with Crippen LogP contribution in [0.4, 0.5) is 15.8 Å². The Morgan fingerprint density at radius 3 is 2.36 bits per heavy atom. The molecule has 0 aliphatic carbocycles. The number of anilines is 2. The second kappa shape index (κ2) is 8.58. The second-order valence-electron chi connectivity index (χ2n) is 5.17. The minimum Gasteiger partial charge on any atom is -0.469 e. The third-order valence-corrected chi connectivity index (χ3v) is 3.29. The summed E-state index contributed by atoms with van der Waals surface area (Å²) in [7, 11) is 1.25. The molecule has 0 spiro atoms. The lowest BCUT2D eigenvalue weighted by Crippen LogP contribution is -2.15. The first-order chi connectivity index (χ1) is 12.0. The lowest BCUT2D eigenvalue weighted by Gasteiger charge is -2.08. The molecule has 2 rings (SSSR count). The van der Waals surface area contributed by atoms with Crippen molar-refractivity contribution in [3.63, 3.8) is 0 Å². The summed E-state index contributed by atoms with van der Waals surface area (Å²) in [5, 5.41) is 5.25. The number of esters is 1. The van der Waals surface area contributed by atoms with Crippen molar-refractivity contribution < 1.29 is 23.5 Å². The lowest BCUT2D eigenvalue weighted by molar-refractivity contribution is -0.141. The zero-order valence-electron chi connectivity index (χ0n) is 13.5. The van der Waals surface area contributed by atoms with E-state index in [1.807, 2.05) is 0 Å². The second-order valence-corrected chi connectivity index (χ2v) is 5.17. The summed E-state index contributed by atoms with van der Waals surface area (Å²) in [6.07, 6.45) is -0.0360. The maximum absolute atomic E-state index is 12.9. The SMILES string of the molecule is COC(=O)CCC(=O)Nc1cccc(C(=O)Nc2ccc(F)cc2)c1. The molecule has 25 heavy (non-hydrogen) atoms. The predicted molar refractivity (Wildman–Crippen MR) is 90.7 cm³/mol. The topological polar surface area (TPSA) is 84.5 Å². The van der Waals surface area contributed by atoms with Gasteiger partial charge in [0.2, 0.25) is 5.91 Å². The number of hydrogen-bond acceptors (Lipinski definition) is 4. The van der Waals surface area contributed by atoms with E-state index in [0.717, 1.165) is 0 Å². The first-order valence-electron chi connectivity index (χ1n) is 7.51. The Balaban J connectivity index is 1.97. The molecule has 2 N–H and O–H groups in total. The maximum atomic E-state index is 12.9. The van der Waals surface area contributed by atoms with Crippen molar-refractivity contribution in [2.24, 2.45) is 0 Å². The van der Waals surface area contributed by atoms with E-state index in [-0.39, 0.29) is 18.7 Å². The van der Waals surface area contributed by atoms with Crippen molar-refractivity contribution in [2.45, 2.75) is 12.8 Å². The van der Waals surface area contributed by atoms with Crippen LogP contribution in [0.2, 0.25) is 0 Å². The third kappa shape index (κ3) is 5.72. The van der Waals surface area contributed by atoms with E-state index < -0.39 is 17.7 Å². The highest BCUT2D eigenvalue weighted by Crippen LogP contribution is 2.14. The van der Waals surface area contributed by atoms with Crippen LogP contribution in [0.25, 0.3) is 0 Å². The Bertz CT molecular complexity index is 775. The van der Waals surface area contributed by atoms with Crippen LogP contribution >= 0.6 is 0 Å². The van der Waals surface area contributed by atoms with Crippen LogP contribution in [0.1, 0.15) is 23.2 Å². The quantitative estimate of drug-likeness (QED) is 0.789. The summed E-state index contributed by atoms with van der Waals surface area (Å²) in [5.74, 6) is -1.61. The van der Waals surface area contributed by atoms with E-state index >= 15 is 0 Å². The van der Waals surface area contributed by atoms with Crippen molar-refractivity contribution in [1.29, 1.82) is 0 Å². The maximum Gasteiger partial charge on any atom is 0.306 e. The summed E-state index contributed by atoms with van der Waals surface area (Å²) >= 11 is 0. The molecule has 0 radical (unpaired) electrons. The molecule has 2 amide bonds. The van der Waals surface area contributed by atoms with Crippen LogP contribution in [0.15, 0.2) is 48.5 Å². The molecule has 130 valence electrons. The highest BCUT2D eigenvalue weighted by atomic mass is 19.1. The van der Waals surface area contributed by atoms with Gasteiger partial charge in [-0.2, -0.15) is 0 Å². The van der Waals surface area contributed by atoms with E-state index in [4.69, 9.17) is 0 Å². The molecule has 0 aliphatic rings. The van der Waals surface area contributed by atoms with Gasteiger partial charge in [0.25, 0.3) is 5.91 Å². The fourth-order valence-electron chi connectivity index (χ4n) is 2.02. The van der Waals surface area contributed by atoms with Gasteiger partial charge in [0.05, 0.1) is 13.5 Å². The van der Waals surface area contributed by atoms with Crippen molar-refractivity contribution in [3.05, 3.63) is 59.9 Å². The zero-order chi connectivity index (χ0) is 18.2. The molecule has 0 saturated heterocycles. The van der Waals surface area contributed by atoms with Crippen LogP contribution in [-0.4, -0.2) is 24.9 Å². The standard InChI is InChI=1S/C18H17FN2O4/c1-25-17(23)10-9-16(22)20-15-4-2-3-12(11-15)18(24)21-14-7-5-13(19)6-8-14/h2-8,11H,9-10H2,1H3,(H,20,22)(H,21,24). The fraction of sp³-hybridized carbons (Fsp3) is 0.167. The summed E-state index contributed by atoms with van der Waals surface area (Å²) < 4.78 is 17.3. The number of benzene rings is 2. The average Bonchev–Trinajstić information content (AvgIpc) is 2.61.